The van der Waals surface area contributed by atoms with Crippen molar-refractivity contribution in [1.29, 1.82) is 0 Å². The summed E-state index contributed by atoms with van der Waals surface area (Å²) in [6, 6.07) is 5.39. The van der Waals surface area contributed by atoms with Crippen LogP contribution in [0, 0.1) is 17.7 Å². The van der Waals surface area contributed by atoms with E-state index < -0.39 is 0 Å². The lowest BCUT2D eigenvalue weighted by Gasteiger charge is -2.40. The third-order valence-electron chi connectivity index (χ3n) is 5.22. The smallest absolute Gasteiger partial charge is 0.123 e. The lowest BCUT2D eigenvalue weighted by atomic mass is 9.65. The second-order valence-electron chi connectivity index (χ2n) is 6.30. The summed E-state index contributed by atoms with van der Waals surface area (Å²) in [5.41, 5.74) is 8.64. The predicted molar refractivity (Wildman–Crippen MR) is 76.6 cm³/mol. The van der Waals surface area contributed by atoms with Gasteiger partial charge in [0, 0.05) is 0 Å². The molecular weight excluding hydrogens is 237 g/mol. The van der Waals surface area contributed by atoms with Gasteiger partial charge in [0.25, 0.3) is 0 Å². The molecule has 0 amide bonds. The van der Waals surface area contributed by atoms with Crippen LogP contribution < -0.4 is 5.73 Å². The first kappa shape index (κ1) is 13.1. The van der Waals surface area contributed by atoms with E-state index in [0.29, 0.717) is 11.8 Å². The molecule has 1 fully saturated rings. The highest BCUT2D eigenvalue weighted by Gasteiger charge is 2.35. The number of hydrogen-bond donors (Lipinski definition) is 1. The molecular formula is C17H24FN. The van der Waals surface area contributed by atoms with Crippen molar-refractivity contribution in [2.24, 2.45) is 17.6 Å². The summed E-state index contributed by atoms with van der Waals surface area (Å²) in [7, 11) is 0. The fourth-order valence-corrected chi connectivity index (χ4v) is 4.27. The monoisotopic (exact) mass is 261 g/mol. The van der Waals surface area contributed by atoms with E-state index in [1.807, 2.05) is 6.07 Å². The van der Waals surface area contributed by atoms with Gasteiger partial charge in [0.15, 0.2) is 0 Å². The Hall–Kier alpha value is -0.890. The number of benzene rings is 1. The summed E-state index contributed by atoms with van der Waals surface area (Å²) in [5.74, 6) is 1.70. The van der Waals surface area contributed by atoms with E-state index in [1.54, 1.807) is 12.1 Å². The van der Waals surface area contributed by atoms with Gasteiger partial charge < -0.3 is 5.73 Å². The van der Waals surface area contributed by atoms with Gasteiger partial charge in [0.2, 0.25) is 0 Å². The molecule has 104 valence electrons. The summed E-state index contributed by atoms with van der Waals surface area (Å²) in [6.45, 7) is 0.747. The Morgan fingerprint density at radius 1 is 1.11 bits per heavy atom. The molecule has 2 atom stereocenters. The van der Waals surface area contributed by atoms with Crippen LogP contribution in [0.1, 0.15) is 55.6 Å². The van der Waals surface area contributed by atoms with Crippen LogP contribution in [-0.4, -0.2) is 6.54 Å². The molecule has 1 aromatic carbocycles. The Bertz CT molecular complexity index is 437. The van der Waals surface area contributed by atoms with Crippen LogP contribution in [0.25, 0.3) is 0 Å². The van der Waals surface area contributed by atoms with Gasteiger partial charge in [-0.3, -0.25) is 0 Å². The van der Waals surface area contributed by atoms with E-state index >= 15 is 0 Å². The number of fused-ring (bicyclic) bond motifs is 1. The van der Waals surface area contributed by atoms with Gasteiger partial charge in [0.05, 0.1) is 0 Å². The summed E-state index contributed by atoms with van der Waals surface area (Å²) >= 11 is 0. The molecule has 2 aliphatic rings. The molecule has 0 bridgehead atoms. The van der Waals surface area contributed by atoms with E-state index in [2.05, 4.69) is 0 Å². The molecule has 0 heterocycles. The maximum absolute atomic E-state index is 13.6. The fourth-order valence-electron chi connectivity index (χ4n) is 4.27. The molecule has 2 aliphatic carbocycles. The van der Waals surface area contributed by atoms with Gasteiger partial charge in [-0.05, 0) is 73.2 Å². The van der Waals surface area contributed by atoms with Crippen molar-refractivity contribution >= 4 is 0 Å². The first-order chi connectivity index (χ1) is 9.29. The predicted octanol–water partition coefficient (Wildman–Crippen LogP) is 4.01. The molecule has 2 unspecified atom stereocenters. The maximum Gasteiger partial charge on any atom is 0.123 e. The lowest BCUT2D eigenvalue weighted by Crippen LogP contribution is -2.33. The van der Waals surface area contributed by atoms with Crippen LogP contribution in [-0.2, 0) is 6.42 Å². The average Bonchev–Trinajstić information content (AvgIpc) is 2.46. The van der Waals surface area contributed by atoms with E-state index in [-0.39, 0.29) is 5.82 Å². The van der Waals surface area contributed by atoms with Crippen molar-refractivity contribution in [2.45, 2.75) is 50.9 Å². The molecule has 2 heteroatoms. The second-order valence-corrected chi connectivity index (χ2v) is 6.30. The van der Waals surface area contributed by atoms with E-state index in [1.165, 1.54) is 49.7 Å². The third kappa shape index (κ3) is 2.55. The topological polar surface area (TPSA) is 26.0 Å². The highest BCUT2D eigenvalue weighted by atomic mass is 19.1. The minimum absolute atomic E-state index is 0.0859. The van der Waals surface area contributed by atoms with Gasteiger partial charge in [-0.15, -0.1) is 0 Å². The third-order valence-corrected chi connectivity index (χ3v) is 5.22. The zero-order valence-electron chi connectivity index (χ0n) is 11.6. The van der Waals surface area contributed by atoms with Crippen LogP contribution in [0.3, 0.4) is 0 Å². The first-order valence-electron chi connectivity index (χ1n) is 7.78. The SMILES string of the molecule is NCC1CCc2ccc(F)cc2C1C1CCCCC1. The molecule has 1 aromatic rings. The number of halogens is 1. The maximum atomic E-state index is 13.6. The Balaban J connectivity index is 1.95. The Morgan fingerprint density at radius 3 is 2.63 bits per heavy atom. The first-order valence-corrected chi connectivity index (χ1v) is 7.78. The molecule has 0 aromatic heterocycles. The molecule has 0 saturated heterocycles. The van der Waals surface area contributed by atoms with Crippen LogP contribution in [0.2, 0.25) is 0 Å². The van der Waals surface area contributed by atoms with Gasteiger partial charge in [0.1, 0.15) is 5.82 Å². The van der Waals surface area contributed by atoms with Crippen LogP contribution >= 0.6 is 0 Å². The number of aryl methyl sites for hydroxylation is 1. The van der Waals surface area contributed by atoms with Crippen molar-refractivity contribution < 1.29 is 4.39 Å². The van der Waals surface area contributed by atoms with Gasteiger partial charge in [-0.25, -0.2) is 4.39 Å². The zero-order valence-corrected chi connectivity index (χ0v) is 11.6. The zero-order chi connectivity index (χ0) is 13.2. The normalized spacial score (nSPS) is 28.1. The van der Waals surface area contributed by atoms with Gasteiger partial charge in [-0.2, -0.15) is 0 Å². The summed E-state index contributed by atoms with van der Waals surface area (Å²) in [6.07, 6.45) is 8.89. The Morgan fingerprint density at radius 2 is 1.89 bits per heavy atom. The van der Waals surface area contributed by atoms with E-state index in [0.717, 1.165) is 18.9 Å². The van der Waals surface area contributed by atoms with Crippen LogP contribution in [0.15, 0.2) is 18.2 Å². The van der Waals surface area contributed by atoms with Gasteiger partial charge >= 0.3 is 0 Å². The van der Waals surface area contributed by atoms with Crippen LogP contribution in [0.4, 0.5) is 4.39 Å². The Kier molecular flexibility index (Phi) is 3.88. The van der Waals surface area contributed by atoms with E-state index in [4.69, 9.17) is 5.73 Å². The number of nitrogens with two attached hydrogens (primary N) is 1. The molecule has 2 N–H and O–H groups in total. The quantitative estimate of drug-likeness (QED) is 0.855. The molecule has 0 aliphatic heterocycles. The highest BCUT2D eigenvalue weighted by molar-refractivity contribution is 5.35. The standard InChI is InChI=1S/C17H24FN/c18-15-9-8-12-6-7-14(11-19)17(16(12)10-15)13-4-2-1-3-5-13/h8-10,13-14,17H,1-7,11,19H2. The number of rotatable bonds is 2. The molecule has 0 radical (unpaired) electrons. The molecule has 1 saturated carbocycles. The van der Waals surface area contributed by atoms with Crippen molar-refractivity contribution in [3.63, 3.8) is 0 Å². The molecule has 3 rings (SSSR count). The average molecular weight is 261 g/mol. The summed E-state index contributed by atoms with van der Waals surface area (Å²) in [5, 5.41) is 0. The minimum Gasteiger partial charge on any atom is -0.330 e. The van der Waals surface area contributed by atoms with Crippen molar-refractivity contribution in [3.8, 4) is 0 Å². The highest BCUT2D eigenvalue weighted by Crippen LogP contribution is 2.45. The molecule has 0 spiro atoms. The summed E-state index contributed by atoms with van der Waals surface area (Å²) < 4.78 is 13.6. The Labute approximate surface area is 115 Å². The van der Waals surface area contributed by atoms with Crippen molar-refractivity contribution in [2.75, 3.05) is 6.54 Å². The number of hydrogen-bond acceptors (Lipinski definition) is 1. The van der Waals surface area contributed by atoms with Crippen LogP contribution in [0.5, 0.6) is 0 Å². The van der Waals surface area contributed by atoms with Crippen molar-refractivity contribution in [1.82, 2.24) is 0 Å². The second kappa shape index (κ2) is 5.62. The summed E-state index contributed by atoms with van der Waals surface area (Å²) in [4.78, 5) is 0. The van der Waals surface area contributed by atoms with Crippen molar-refractivity contribution in [3.05, 3.63) is 35.1 Å². The molecule has 1 nitrogen and oxygen atoms in total. The van der Waals surface area contributed by atoms with Gasteiger partial charge in [-0.1, -0.05) is 25.3 Å². The fraction of sp³-hybridized carbons (Fsp3) is 0.647. The minimum atomic E-state index is -0.0859. The van der Waals surface area contributed by atoms with E-state index in [9.17, 15) is 4.39 Å². The lowest BCUT2D eigenvalue weighted by molar-refractivity contribution is 0.226. The molecule has 19 heavy (non-hydrogen) atoms. The largest absolute Gasteiger partial charge is 0.330 e.